The number of para-hydroxylation sites is 1. The van der Waals surface area contributed by atoms with Crippen molar-refractivity contribution in [3.63, 3.8) is 0 Å². The van der Waals surface area contributed by atoms with Crippen molar-refractivity contribution < 1.29 is 4.79 Å². The highest BCUT2D eigenvalue weighted by molar-refractivity contribution is 7.13. The number of carbonyl (C=O) groups is 1. The number of nitrogens with zero attached hydrogens (tertiary/aromatic N) is 4. The van der Waals surface area contributed by atoms with Crippen molar-refractivity contribution in [2.45, 2.75) is 26.7 Å². The van der Waals surface area contributed by atoms with Crippen molar-refractivity contribution in [1.29, 1.82) is 5.26 Å². The first-order valence-electron chi connectivity index (χ1n) is 8.63. The number of amides is 1. The summed E-state index contributed by atoms with van der Waals surface area (Å²) >= 11 is 1.51. The number of hydrogen-bond donors (Lipinski definition) is 0. The Balaban J connectivity index is 1.74. The van der Waals surface area contributed by atoms with Gasteiger partial charge >= 0.3 is 0 Å². The largest absolute Gasteiger partial charge is 0.369 e. The predicted molar refractivity (Wildman–Crippen MR) is 100 cm³/mol. The highest BCUT2D eigenvalue weighted by atomic mass is 32.1. The monoisotopic (exact) mass is 354 g/mol. The minimum absolute atomic E-state index is 0.0881. The van der Waals surface area contributed by atoms with Crippen LogP contribution in [-0.4, -0.2) is 42.0 Å². The van der Waals surface area contributed by atoms with E-state index >= 15 is 0 Å². The van der Waals surface area contributed by atoms with Gasteiger partial charge in [0.1, 0.15) is 10.9 Å². The number of aromatic nitrogens is 1. The van der Waals surface area contributed by atoms with E-state index in [1.807, 2.05) is 36.1 Å². The second-order valence-electron chi connectivity index (χ2n) is 6.14. The molecule has 2 aromatic rings. The van der Waals surface area contributed by atoms with Crippen LogP contribution in [0.2, 0.25) is 0 Å². The number of aryl methyl sites for hydroxylation is 2. The fraction of sp³-hybridized carbons (Fsp3) is 0.421. The van der Waals surface area contributed by atoms with Crippen molar-refractivity contribution in [2.75, 3.05) is 31.1 Å². The molecule has 3 rings (SSSR count). The minimum Gasteiger partial charge on any atom is -0.369 e. The van der Waals surface area contributed by atoms with Crippen molar-refractivity contribution in [1.82, 2.24) is 9.88 Å². The van der Waals surface area contributed by atoms with Crippen LogP contribution < -0.4 is 4.90 Å². The quantitative estimate of drug-likeness (QED) is 0.849. The van der Waals surface area contributed by atoms with E-state index in [-0.39, 0.29) is 5.91 Å². The molecule has 130 valence electrons. The molecular weight excluding hydrogens is 332 g/mol. The Morgan fingerprint density at radius 2 is 2.08 bits per heavy atom. The van der Waals surface area contributed by atoms with Gasteiger partial charge in [-0.2, -0.15) is 5.26 Å². The van der Waals surface area contributed by atoms with Crippen LogP contribution in [0.5, 0.6) is 0 Å². The fourth-order valence-corrected chi connectivity index (χ4v) is 4.12. The molecule has 2 heterocycles. The molecule has 0 atom stereocenters. The Morgan fingerprint density at radius 3 is 2.80 bits per heavy atom. The first-order valence-corrected chi connectivity index (χ1v) is 9.45. The molecule has 6 heteroatoms. The smallest absolute Gasteiger partial charge is 0.265 e. The first-order chi connectivity index (χ1) is 12.1. The van der Waals surface area contributed by atoms with Crippen LogP contribution in [0.3, 0.4) is 0 Å². The summed E-state index contributed by atoms with van der Waals surface area (Å²) in [4.78, 5) is 22.3. The molecule has 1 aliphatic heterocycles. The Bertz CT molecular complexity index is 808. The second kappa shape index (κ2) is 7.66. The summed E-state index contributed by atoms with van der Waals surface area (Å²) < 4.78 is 0. The number of thiazole rings is 1. The highest BCUT2D eigenvalue weighted by Gasteiger charge is 2.24. The molecule has 1 aromatic heterocycles. The molecule has 1 saturated heterocycles. The van der Waals surface area contributed by atoms with E-state index in [9.17, 15) is 10.1 Å². The van der Waals surface area contributed by atoms with E-state index in [4.69, 9.17) is 0 Å². The zero-order chi connectivity index (χ0) is 17.8. The lowest BCUT2D eigenvalue weighted by atomic mass is 10.1. The molecule has 0 unspecified atom stereocenters. The third kappa shape index (κ3) is 3.67. The molecule has 1 aromatic carbocycles. The number of nitriles is 1. The van der Waals surface area contributed by atoms with E-state index in [0.29, 0.717) is 12.1 Å². The highest BCUT2D eigenvalue weighted by Crippen LogP contribution is 2.24. The predicted octanol–water partition coefficient (Wildman–Crippen LogP) is 3.24. The van der Waals surface area contributed by atoms with Gasteiger partial charge in [0.2, 0.25) is 0 Å². The van der Waals surface area contributed by atoms with Crippen LogP contribution in [0.1, 0.15) is 39.3 Å². The SMILES string of the molecule is CCc1nc(C)c(C(=O)N2CCCN(c3ccccc3C#N)CC2)s1. The Kier molecular flexibility index (Phi) is 5.34. The number of rotatable bonds is 3. The van der Waals surface area contributed by atoms with Crippen molar-refractivity contribution in [3.8, 4) is 6.07 Å². The van der Waals surface area contributed by atoms with E-state index in [2.05, 4.69) is 22.9 Å². The molecular formula is C19H22N4OS. The van der Waals surface area contributed by atoms with Crippen LogP contribution in [-0.2, 0) is 6.42 Å². The van der Waals surface area contributed by atoms with Gasteiger partial charge in [0.05, 0.1) is 22.0 Å². The molecule has 1 fully saturated rings. The lowest BCUT2D eigenvalue weighted by Crippen LogP contribution is -2.35. The van der Waals surface area contributed by atoms with Crippen LogP contribution in [0.15, 0.2) is 24.3 Å². The maximum absolute atomic E-state index is 12.9. The summed E-state index contributed by atoms with van der Waals surface area (Å²) in [6.45, 7) is 6.96. The van der Waals surface area contributed by atoms with Gasteiger partial charge in [-0.3, -0.25) is 4.79 Å². The molecule has 1 aliphatic rings. The van der Waals surface area contributed by atoms with Crippen molar-refractivity contribution in [2.24, 2.45) is 0 Å². The van der Waals surface area contributed by atoms with Gasteiger partial charge in [-0.05, 0) is 31.9 Å². The van der Waals surface area contributed by atoms with Crippen LogP contribution in [0.25, 0.3) is 0 Å². The topological polar surface area (TPSA) is 60.2 Å². The maximum Gasteiger partial charge on any atom is 0.265 e. The van der Waals surface area contributed by atoms with E-state index in [1.54, 1.807) is 0 Å². The summed E-state index contributed by atoms with van der Waals surface area (Å²) in [6.07, 6.45) is 1.75. The van der Waals surface area contributed by atoms with Crippen molar-refractivity contribution >= 4 is 22.9 Å². The number of benzene rings is 1. The lowest BCUT2D eigenvalue weighted by Gasteiger charge is -2.24. The molecule has 5 nitrogen and oxygen atoms in total. The Hall–Kier alpha value is -2.39. The van der Waals surface area contributed by atoms with Gasteiger partial charge in [0.25, 0.3) is 5.91 Å². The zero-order valence-electron chi connectivity index (χ0n) is 14.7. The summed E-state index contributed by atoms with van der Waals surface area (Å²) in [6, 6.07) is 9.93. The van der Waals surface area contributed by atoms with Gasteiger partial charge in [0, 0.05) is 26.2 Å². The molecule has 0 aliphatic carbocycles. The summed E-state index contributed by atoms with van der Waals surface area (Å²) in [7, 11) is 0. The standard InChI is InChI=1S/C19H22N4OS/c1-3-17-21-14(2)18(25-17)19(24)23-10-6-9-22(11-12-23)16-8-5-4-7-15(16)13-20/h4-5,7-8H,3,6,9-12H2,1-2H3. The Morgan fingerprint density at radius 1 is 1.28 bits per heavy atom. The minimum atomic E-state index is 0.0881. The molecule has 0 N–H and O–H groups in total. The van der Waals surface area contributed by atoms with E-state index in [1.165, 1.54) is 11.3 Å². The van der Waals surface area contributed by atoms with Gasteiger partial charge < -0.3 is 9.80 Å². The second-order valence-corrected chi connectivity index (χ2v) is 7.22. The zero-order valence-corrected chi connectivity index (χ0v) is 15.5. The fourth-order valence-electron chi connectivity index (χ4n) is 3.15. The number of hydrogen-bond acceptors (Lipinski definition) is 5. The molecule has 0 spiro atoms. The molecule has 25 heavy (non-hydrogen) atoms. The molecule has 1 amide bonds. The van der Waals surface area contributed by atoms with Crippen LogP contribution in [0, 0.1) is 18.3 Å². The maximum atomic E-state index is 12.9. The molecule has 0 radical (unpaired) electrons. The third-order valence-corrected chi connectivity index (χ3v) is 5.78. The molecule has 0 bridgehead atoms. The van der Waals surface area contributed by atoms with Gasteiger partial charge in [-0.25, -0.2) is 4.98 Å². The van der Waals surface area contributed by atoms with Crippen molar-refractivity contribution in [3.05, 3.63) is 45.4 Å². The average molecular weight is 354 g/mol. The number of carbonyl (C=O) groups excluding carboxylic acids is 1. The Labute approximate surface area is 152 Å². The summed E-state index contributed by atoms with van der Waals surface area (Å²) in [5.41, 5.74) is 2.48. The average Bonchev–Trinajstić information content (AvgIpc) is 2.86. The molecule has 0 saturated carbocycles. The van der Waals surface area contributed by atoms with Crippen LogP contribution in [0.4, 0.5) is 5.69 Å². The normalized spacial score (nSPS) is 14.9. The van der Waals surface area contributed by atoms with Gasteiger partial charge in [-0.15, -0.1) is 11.3 Å². The summed E-state index contributed by atoms with van der Waals surface area (Å²) in [5, 5.41) is 10.3. The first kappa shape index (κ1) is 17.4. The van der Waals surface area contributed by atoms with Crippen LogP contribution >= 0.6 is 11.3 Å². The number of anilines is 1. The van der Waals surface area contributed by atoms with Gasteiger partial charge in [0.15, 0.2) is 0 Å². The van der Waals surface area contributed by atoms with E-state index < -0.39 is 0 Å². The lowest BCUT2D eigenvalue weighted by molar-refractivity contribution is 0.0771. The summed E-state index contributed by atoms with van der Waals surface area (Å²) in [5.74, 6) is 0.0881. The van der Waals surface area contributed by atoms with E-state index in [0.717, 1.165) is 53.7 Å². The van der Waals surface area contributed by atoms with Gasteiger partial charge in [-0.1, -0.05) is 19.1 Å². The third-order valence-electron chi connectivity index (χ3n) is 4.49.